The van der Waals surface area contributed by atoms with E-state index in [4.69, 9.17) is 17.3 Å². The van der Waals surface area contributed by atoms with Crippen LogP contribution in [0.1, 0.15) is 0 Å². The summed E-state index contributed by atoms with van der Waals surface area (Å²) in [4.78, 5) is 4.07. The van der Waals surface area contributed by atoms with E-state index in [1.807, 2.05) is 22.6 Å². The van der Waals surface area contributed by atoms with Gasteiger partial charge in [0.25, 0.3) is 0 Å². The number of nitrogen functional groups attached to an aromatic ring is 1. The summed E-state index contributed by atoms with van der Waals surface area (Å²) < 4.78 is 13.7. The summed E-state index contributed by atoms with van der Waals surface area (Å²) in [5.41, 5.74) is 6.95. The lowest BCUT2D eigenvalue weighted by Crippen LogP contribution is -2.00. The lowest BCUT2D eigenvalue weighted by Gasteiger charge is -2.10. The second-order valence-electron chi connectivity index (χ2n) is 3.34. The third-order valence-electron chi connectivity index (χ3n) is 2.07. The fourth-order valence-corrected chi connectivity index (χ4v) is 2.06. The normalized spacial score (nSPS) is 10.3. The first kappa shape index (κ1) is 12.4. The van der Waals surface area contributed by atoms with Crippen molar-refractivity contribution < 1.29 is 4.39 Å². The van der Waals surface area contributed by atoms with Crippen LogP contribution in [0.2, 0.25) is 5.02 Å². The predicted molar refractivity (Wildman–Crippen MR) is 76.1 cm³/mol. The number of nitrogens with zero attached hydrogens (tertiary/aromatic N) is 1. The SMILES string of the molecule is Nc1cc(Cl)cnc1Nc1ccc(F)cc1I. The van der Waals surface area contributed by atoms with Gasteiger partial charge >= 0.3 is 0 Å². The molecule has 1 aromatic carbocycles. The molecule has 17 heavy (non-hydrogen) atoms. The van der Waals surface area contributed by atoms with Crippen molar-refractivity contribution in [2.24, 2.45) is 0 Å². The number of nitrogens with two attached hydrogens (primary N) is 1. The van der Waals surface area contributed by atoms with Gasteiger partial charge in [0.15, 0.2) is 5.82 Å². The Morgan fingerprint density at radius 1 is 1.35 bits per heavy atom. The Morgan fingerprint density at radius 2 is 2.12 bits per heavy atom. The topological polar surface area (TPSA) is 50.9 Å². The molecule has 0 amide bonds. The van der Waals surface area contributed by atoms with E-state index in [1.54, 1.807) is 12.1 Å². The summed E-state index contributed by atoms with van der Waals surface area (Å²) in [5, 5.41) is 3.50. The molecule has 1 heterocycles. The largest absolute Gasteiger partial charge is 0.396 e. The van der Waals surface area contributed by atoms with Gasteiger partial charge < -0.3 is 11.1 Å². The Hall–Kier alpha value is -1.08. The van der Waals surface area contributed by atoms with Crippen LogP contribution in [0, 0.1) is 9.39 Å². The van der Waals surface area contributed by atoms with E-state index in [2.05, 4.69) is 10.3 Å². The Morgan fingerprint density at radius 3 is 2.76 bits per heavy atom. The van der Waals surface area contributed by atoms with Crippen molar-refractivity contribution in [1.29, 1.82) is 0 Å². The Kier molecular flexibility index (Phi) is 3.68. The van der Waals surface area contributed by atoms with Crippen molar-refractivity contribution in [1.82, 2.24) is 4.98 Å². The molecular weight excluding hydrogens is 355 g/mol. The van der Waals surface area contributed by atoms with Crippen molar-refractivity contribution in [3.63, 3.8) is 0 Å². The average molecular weight is 364 g/mol. The van der Waals surface area contributed by atoms with E-state index in [0.717, 1.165) is 9.26 Å². The molecule has 88 valence electrons. The molecule has 0 radical (unpaired) electrons. The van der Waals surface area contributed by atoms with Crippen LogP contribution in [0.3, 0.4) is 0 Å². The Bertz CT molecular complexity index is 513. The molecule has 0 spiro atoms. The summed E-state index contributed by atoms with van der Waals surface area (Å²) in [6.07, 6.45) is 1.50. The zero-order valence-electron chi connectivity index (χ0n) is 8.55. The van der Waals surface area contributed by atoms with Gasteiger partial charge in [0.05, 0.1) is 16.4 Å². The van der Waals surface area contributed by atoms with E-state index >= 15 is 0 Å². The van der Waals surface area contributed by atoms with E-state index in [9.17, 15) is 4.39 Å². The lowest BCUT2D eigenvalue weighted by atomic mass is 10.3. The number of pyridine rings is 1. The number of nitrogens with one attached hydrogen (secondary N) is 1. The zero-order valence-corrected chi connectivity index (χ0v) is 11.5. The fourth-order valence-electron chi connectivity index (χ4n) is 1.28. The molecule has 6 heteroatoms. The minimum Gasteiger partial charge on any atom is -0.396 e. The van der Waals surface area contributed by atoms with Crippen molar-refractivity contribution >= 4 is 51.4 Å². The maximum Gasteiger partial charge on any atom is 0.153 e. The maximum absolute atomic E-state index is 12.9. The summed E-state index contributed by atoms with van der Waals surface area (Å²) in [5.74, 6) is 0.218. The first-order valence-electron chi connectivity index (χ1n) is 4.69. The summed E-state index contributed by atoms with van der Waals surface area (Å²) in [6.45, 7) is 0. The fraction of sp³-hybridized carbons (Fsp3) is 0. The molecule has 2 aromatic rings. The van der Waals surface area contributed by atoms with Crippen LogP contribution in [0.15, 0.2) is 30.5 Å². The first-order chi connectivity index (χ1) is 8.06. The molecule has 2 rings (SSSR count). The molecule has 0 atom stereocenters. The molecule has 0 aliphatic carbocycles. The van der Waals surface area contributed by atoms with Gasteiger partial charge in [-0.3, -0.25) is 0 Å². The highest BCUT2D eigenvalue weighted by atomic mass is 127. The first-order valence-corrected chi connectivity index (χ1v) is 6.15. The van der Waals surface area contributed by atoms with E-state index in [-0.39, 0.29) is 5.82 Å². The van der Waals surface area contributed by atoms with Gasteiger partial charge in [0, 0.05) is 9.77 Å². The molecule has 0 unspecified atom stereocenters. The van der Waals surface area contributed by atoms with Gasteiger partial charge in [0.1, 0.15) is 5.82 Å². The smallest absolute Gasteiger partial charge is 0.153 e. The second-order valence-corrected chi connectivity index (χ2v) is 4.94. The van der Waals surface area contributed by atoms with Gasteiger partial charge in [-0.15, -0.1) is 0 Å². The highest BCUT2D eigenvalue weighted by Gasteiger charge is 2.05. The predicted octanol–water partition coefficient (Wildman–Crippen LogP) is 3.80. The van der Waals surface area contributed by atoms with Crippen LogP contribution in [0.25, 0.3) is 0 Å². The van der Waals surface area contributed by atoms with Gasteiger partial charge in [-0.25, -0.2) is 9.37 Å². The standard InChI is InChI=1S/C11H8ClFIN3/c12-6-3-9(15)11(16-5-6)17-10-2-1-7(13)4-8(10)14/h1-5H,15H2,(H,16,17). The van der Waals surface area contributed by atoms with Gasteiger partial charge in [-0.05, 0) is 46.9 Å². The van der Waals surface area contributed by atoms with E-state index < -0.39 is 0 Å². The van der Waals surface area contributed by atoms with E-state index in [0.29, 0.717) is 16.5 Å². The highest BCUT2D eigenvalue weighted by Crippen LogP contribution is 2.26. The van der Waals surface area contributed by atoms with Crippen molar-refractivity contribution in [3.05, 3.63) is 44.9 Å². The maximum atomic E-state index is 12.9. The summed E-state index contributed by atoms with van der Waals surface area (Å²) >= 11 is 7.78. The van der Waals surface area contributed by atoms with Crippen molar-refractivity contribution in [3.8, 4) is 0 Å². The molecule has 3 nitrogen and oxygen atoms in total. The monoisotopic (exact) mass is 363 g/mol. The molecule has 0 saturated heterocycles. The molecule has 1 aromatic heterocycles. The molecule has 0 aliphatic rings. The van der Waals surface area contributed by atoms with Crippen LogP contribution < -0.4 is 11.1 Å². The van der Waals surface area contributed by atoms with Crippen LogP contribution in [0.5, 0.6) is 0 Å². The molecule has 0 bridgehead atoms. The van der Waals surface area contributed by atoms with Gasteiger partial charge in [-0.1, -0.05) is 11.6 Å². The number of anilines is 3. The number of hydrogen-bond donors (Lipinski definition) is 2. The highest BCUT2D eigenvalue weighted by molar-refractivity contribution is 14.1. The molecule has 0 aliphatic heterocycles. The Labute approximate surface area is 116 Å². The third kappa shape index (κ3) is 2.98. The molecule has 0 saturated carbocycles. The second kappa shape index (κ2) is 5.05. The number of aromatic nitrogens is 1. The number of halogens is 3. The minimum atomic E-state index is -0.281. The molecular formula is C11H8ClFIN3. The number of benzene rings is 1. The van der Waals surface area contributed by atoms with Gasteiger partial charge in [-0.2, -0.15) is 0 Å². The van der Waals surface area contributed by atoms with Crippen LogP contribution in [-0.4, -0.2) is 4.98 Å². The van der Waals surface area contributed by atoms with Gasteiger partial charge in [0.2, 0.25) is 0 Å². The minimum absolute atomic E-state index is 0.281. The Balaban J connectivity index is 2.31. The van der Waals surface area contributed by atoms with Crippen LogP contribution >= 0.6 is 34.2 Å². The number of hydrogen-bond acceptors (Lipinski definition) is 3. The van der Waals surface area contributed by atoms with E-state index in [1.165, 1.54) is 18.3 Å². The third-order valence-corrected chi connectivity index (χ3v) is 3.17. The molecule has 3 N–H and O–H groups in total. The quantitative estimate of drug-likeness (QED) is 0.798. The molecule has 0 fully saturated rings. The number of rotatable bonds is 2. The van der Waals surface area contributed by atoms with Crippen LogP contribution in [-0.2, 0) is 0 Å². The van der Waals surface area contributed by atoms with Crippen molar-refractivity contribution in [2.75, 3.05) is 11.1 Å². The summed E-state index contributed by atoms with van der Waals surface area (Å²) in [6, 6.07) is 6.03. The zero-order chi connectivity index (χ0) is 12.4. The average Bonchev–Trinajstić information content (AvgIpc) is 2.25. The lowest BCUT2D eigenvalue weighted by molar-refractivity contribution is 0.627. The van der Waals surface area contributed by atoms with Crippen molar-refractivity contribution in [2.45, 2.75) is 0 Å². The summed E-state index contributed by atoms with van der Waals surface area (Å²) in [7, 11) is 0. The van der Waals surface area contributed by atoms with Crippen LogP contribution in [0.4, 0.5) is 21.6 Å².